The van der Waals surface area contributed by atoms with E-state index < -0.39 is 0 Å². The molecule has 0 unspecified atom stereocenters. The molecule has 24 heavy (non-hydrogen) atoms. The first-order chi connectivity index (χ1) is 11.7. The van der Waals surface area contributed by atoms with Crippen LogP contribution in [0.5, 0.6) is 5.75 Å². The molecular formula is C17H26N6O. The van der Waals surface area contributed by atoms with Gasteiger partial charge in [-0.1, -0.05) is 12.1 Å². The van der Waals surface area contributed by atoms with Crippen LogP contribution in [0.25, 0.3) is 0 Å². The number of hydrogen-bond acceptors (Lipinski definition) is 6. The lowest BCUT2D eigenvalue weighted by molar-refractivity contribution is 0.310. The molecule has 7 heteroatoms. The molecular weight excluding hydrogens is 304 g/mol. The van der Waals surface area contributed by atoms with Crippen LogP contribution in [0.4, 0.5) is 11.9 Å². The summed E-state index contributed by atoms with van der Waals surface area (Å²) in [6.07, 6.45) is 3.51. The maximum absolute atomic E-state index is 5.85. The van der Waals surface area contributed by atoms with Crippen molar-refractivity contribution in [1.29, 1.82) is 0 Å². The third kappa shape index (κ3) is 4.61. The summed E-state index contributed by atoms with van der Waals surface area (Å²) in [7, 11) is 1.77. The fourth-order valence-corrected chi connectivity index (χ4v) is 2.87. The van der Waals surface area contributed by atoms with E-state index in [4.69, 9.17) is 10.5 Å². The zero-order valence-corrected chi connectivity index (χ0v) is 14.2. The largest absolute Gasteiger partial charge is 0.494 e. The summed E-state index contributed by atoms with van der Waals surface area (Å²) in [5, 5.41) is 7.29. The molecule has 0 spiro atoms. The second-order valence-corrected chi connectivity index (χ2v) is 6.18. The van der Waals surface area contributed by atoms with Gasteiger partial charge in [0.15, 0.2) is 0 Å². The Kier molecular flexibility index (Phi) is 5.53. The highest BCUT2D eigenvalue weighted by molar-refractivity contribution is 5.31. The first-order valence-electron chi connectivity index (χ1n) is 8.55. The molecule has 0 aliphatic carbocycles. The Balaban J connectivity index is 1.38. The zero-order valence-electron chi connectivity index (χ0n) is 14.2. The summed E-state index contributed by atoms with van der Waals surface area (Å²) >= 11 is 0. The molecule has 0 atom stereocenters. The van der Waals surface area contributed by atoms with E-state index in [2.05, 4.69) is 38.5 Å². The van der Waals surface area contributed by atoms with E-state index in [-0.39, 0.29) is 0 Å². The number of anilines is 2. The minimum atomic E-state index is 0.406. The van der Waals surface area contributed by atoms with Gasteiger partial charge in [0.05, 0.1) is 6.61 Å². The molecule has 0 radical (unpaired) electrons. The predicted octanol–water partition coefficient (Wildman–Crippen LogP) is 1.87. The fraction of sp³-hybridized carbons (Fsp3) is 0.529. The molecule has 0 amide bonds. The molecule has 1 aromatic carbocycles. The molecule has 2 heterocycles. The van der Waals surface area contributed by atoms with Gasteiger partial charge in [-0.3, -0.25) is 4.90 Å². The minimum absolute atomic E-state index is 0.406. The van der Waals surface area contributed by atoms with Gasteiger partial charge in [-0.2, -0.15) is 4.98 Å². The van der Waals surface area contributed by atoms with Crippen LogP contribution in [-0.4, -0.2) is 45.9 Å². The highest BCUT2D eigenvalue weighted by Gasteiger charge is 2.11. The molecule has 3 rings (SSSR count). The van der Waals surface area contributed by atoms with Gasteiger partial charge in [0.1, 0.15) is 5.75 Å². The zero-order chi connectivity index (χ0) is 16.8. The van der Waals surface area contributed by atoms with Crippen molar-refractivity contribution in [2.45, 2.75) is 25.8 Å². The first kappa shape index (κ1) is 16.6. The van der Waals surface area contributed by atoms with E-state index in [9.17, 15) is 0 Å². The summed E-state index contributed by atoms with van der Waals surface area (Å²) in [5.74, 6) is 1.90. The normalized spacial score (nSPS) is 14.9. The van der Waals surface area contributed by atoms with Crippen molar-refractivity contribution in [2.75, 3.05) is 37.3 Å². The Bertz CT molecular complexity index is 631. The summed E-state index contributed by atoms with van der Waals surface area (Å²) in [4.78, 5) is 6.59. The fourth-order valence-electron chi connectivity index (χ4n) is 2.87. The third-order valence-electron chi connectivity index (χ3n) is 4.17. The van der Waals surface area contributed by atoms with Gasteiger partial charge in [0.25, 0.3) is 0 Å². The quantitative estimate of drug-likeness (QED) is 0.719. The van der Waals surface area contributed by atoms with E-state index in [1.807, 2.05) is 6.07 Å². The van der Waals surface area contributed by atoms with Crippen molar-refractivity contribution in [1.82, 2.24) is 19.7 Å². The van der Waals surface area contributed by atoms with E-state index in [1.165, 1.54) is 31.5 Å². The molecule has 1 aliphatic heterocycles. The van der Waals surface area contributed by atoms with Gasteiger partial charge in [-0.25, -0.2) is 4.68 Å². The Morgan fingerprint density at radius 1 is 1.29 bits per heavy atom. The van der Waals surface area contributed by atoms with Gasteiger partial charge >= 0.3 is 0 Å². The highest BCUT2D eigenvalue weighted by Crippen LogP contribution is 2.17. The number of aromatic nitrogens is 3. The van der Waals surface area contributed by atoms with Gasteiger partial charge in [-0.15, -0.1) is 5.10 Å². The molecule has 3 N–H and O–H groups in total. The molecule has 1 saturated heterocycles. The van der Waals surface area contributed by atoms with Crippen molar-refractivity contribution in [3.05, 3.63) is 29.8 Å². The summed E-state index contributed by atoms with van der Waals surface area (Å²) in [6.45, 7) is 4.84. The van der Waals surface area contributed by atoms with Gasteiger partial charge < -0.3 is 15.8 Å². The SMILES string of the molecule is Cn1nc(NCCCOc2cccc(CN3CCCC3)c2)nc1N. The number of likely N-dealkylation sites (tertiary alicyclic amines) is 1. The number of rotatable bonds is 8. The monoisotopic (exact) mass is 330 g/mol. The van der Waals surface area contributed by atoms with Crippen LogP contribution in [0.1, 0.15) is 24.8 Å². The van der Waals surface area contributed by atoms with Crippen molar-refractivity contribution < 1.29 is 4.74 Å². The van der Waals surface area contributed by atoms with Crippen LogP contribution in [-0.2, 0) is 13.6 Å². The predicted molar refractivity (Wildman–Crippen MR) is 95.0 cm³/mol. The number of aryl methyl sites for hydroxylation is 1. The molecule has 0 saturated carbocycles. The number of nitrogens with one attached hydrogen (secondary N) is 1. The number of nitrogen functional groups attached to an aromatic ring is 1. The van der Waals surface area contributed by atoms with Crippen molar-refractivity contribution in [2.24, 2.45) is 7.05 Å². The number of ether oxygens (including phenoxy) is 1. The Labute approximate surface area is 142 Å². The molecule has 7 nitrogen and oxygen atoms in total. The van der Waals surface area contributed by atoms with Crippen molar-refractivity contribution >= 4 is 11.9 Å². The summed E-state index contributed by atoms with van der Waals surface area (Å²) in [6, 6.07) is 8.40. The third-order valence-corrected chi connectivity index (χ3v) is 4.17. The molecule has 1 aliphatic rings. The van der Waals surface area contributed by atoms with Crippen LogP contribution in [0.2, 0.25) is 0 Å². The van der Waals surface area contributed by atoms with Crippen LogP contribution in [0.3, 0.4) is 0 Å². The van der Waals surface area contributed by atoms with E-state index in [1.54, 1.807) is 11.7 Å². The van der Waals surface area contributed by atoms with Gasteiger partial charge in [0, 0.05) is 20.1 Å². The maximum atomic E-state index is 5.85. The summed E-state index contributed by atoms with van der Waals surface area (Å²) in [5.41, 5.74) is 6.96. The first-order valence-corrected chi connectivity index (χ1v) is 8.55. The highest BCUT2D eigenvalue weighted by atomic mass is 16.5. The summed E-state index contributed by atoms with van der Waals surface area (Å²) < 4.78 is 7.40. The van der Waals surface area contributed by atoms with E-state index in [0.717, 1.165) is 25.3 Å². The Hall–Kier alpha value is -2.28. The second-order valence-electron chi connectivity index (χ2n) is 6.18. The standard InChI is InChI=1S/C17H26N6O/c1-22-16(18)20-17(21-22)19-8-5-11-24-15-7-4-6-14(12-15)13-23-9-2-3-10-23/h4,6-7,12H,2-3,5,8-11,13H2,1H3,(H3,18,19,20,21). The van der Waals surface area contributed by atoms with Crippen LogP contribution in [0, 0.1) is 0 Å². The van der Waals surface area contributed by atoms with Crippen molar-refractivity contribution in [3.63, 3.8) is 0 Å². The van der Waals surface area contributed by atoms with Crippen LogP contribution < -0.4 is 15.8 Å². The lowest BCUT2D eigenvalue weighted by Gasteiger charge is -2.15. The average Bonchev–Trinajstić information content (AvgIpc) is 3.18. The number of nitrogens with two attached hydrogens (primary N) is 1. The number of benzene rings is 1. The average molecular weight is 330 g/mol. The Morgan fingerprint density at radius 2 is 2.12 bits per heavy atom. The van der Waals surface area contributed by atoms with Crippen LogP contribution >= 0.6 is 0 Å². The van der Waals surface area contributed by atoms with E-state index >= 15 is 0 Å². The van der Waals surface area contributed by atoms with Crippen molar-refractivity contribution in [3.8, 4) is 5.75 Å². The number of hydrogen-bond donors (Lipinski definition) is 2. The molecule has 2 aromatic rings. The second kappa shape index (κ2) is 8.01. The number of nitrogens with zero attached hydrogens (tertiary/aromatic N) is 4. The van der Waals surface area contributed by atoms with Crippen LogP contribution in [0.15, 0.2) is 24.3 Å². The molecule has 130 valence electrons. The molecule has 1 aromatic heterocycles. The van der Waals surface area contributed by atoms with Gasteiger partial charge in [-0.05, 0) is 50.0 Å². The topological polar surface area (TPSA) is 81.2 Å². The molecule has 0 bridgehead atoms. The molecule has 1 fully saturated rings. The minimum Gasteiger partial charge on any atom is -0.494 e. The lowest BCUT2D eigenvalue weighted by Crippen LogP contribution is -2.18. The van der Waals surface area contributed by atoms with E-state index in [0.29, 0.717) is 18.5 Å². The van der Waals surface area contributed by atoms with Gasteiger partial charge in [0.2, 0.25) is 11.9 Å². The maximum Gasteiger partial charge on any atom is 0.243 e. The lowest BCUT2D eigenvalue weighted by atomic mass is 10.2. The smallest absolute Gasteiger partial charge is 0.243 e. The Morgan fingerprint density at radius 3 is 2.88 bits per heavy atom.